The smallest absolute Gasteiger partial charge is 0.122 e. The molecule has 0 amide bonds. The number of para-hydroxylation sites is 1. The number of halogens is 1. The van der Waals surface area contributed by atoms with Gasteiger partial charge in [-0.25, -0.2) is 0 Å². The number of hydrogen-bond donors (Lipinski definition) is 0. The Bertz CT molecular complexity index is 470. The van der Waals surface area contributed by atoms with E-state index in [4.69, 9.17) is 16.3 Å². The number of hydrogen-bond acceptors (Lipinski definition) is 1. The van der Waals surface area contributed by atoms with Crippen LogP contribution in [0.3, 0.4) is 0 Å². The van der Waals surface area contributed by atoms with Crippen LogP contribution in [0.25, 0.3) is 0 Å². The average Bonchev–Trinajstić information content (AvgIpc) is 2.88. The first-order valence-corrected chi connectivity index (χ1v) is 7.99. The lowest BCUT2D eigenvalue weighted by Crippen LogP contribution is -2.13. The van der Waals surface area contributed by atoms with E-state index in [9.17, 15) is 0 Å². The third kappa shape index (κ3) is 1.81. The Balaban J connectivity index is 1.47. The van der Waals surface area contributed by atoms with Crippen molar-refractivity contribution in [3.63, 3.8) is 0 Å². The maximum Gasteiger partial charge on any atom is 0.122 e. The Labute approximate surface area is 120 Å². The van der Waals surface area contributed by atoms with Crippen molar-refractivity contribution in [1.82, 2.24) is 0 Å². The zero-order valence-corrected chi connectivity index (χ0v) is 12.1. The van der Waals surface area contributed by atoms with E-state index in [2.05, 4.69) is 12.1 Å². The molecule has 2 heteroatoms. The first-order chi connectivity index (χ1) is 9.29. The number of alkyl halides is 1. The predicted molar refractivity (Wildman–Crippen MR) is 77.6 cm³/mol. The summed E-state index contributed by atoms with van der Waals surface area (Å²) in [5.41, 5.74) is 1.27. The van der Waals surface area contributed by atoms with Crippen LogP contribution >= 0.6 is 11.6 Å². The summed E-state index contributed by atoms with van der Waals surface area (Å²) in [5, 5.41) is 0.301. The van der Waals surface area contributed by atoms with E-state index in [1.54, 1.807) is 7.11 Å². The van der Waals surface area contributed by atoms with Gasteiger partial charge >= 0.3 is 0 Å². The molecule has 5 atom stereocenters. The van der Waals surface area contributed by atoms with Gasteiger partial charge in [-0.1, -0.05) is 18.2 Å². The van der Waals surface area contributed by atoms with Crippen LogP contribution in [0.1, 0.15) is 24.8 Å². The molecule has 19 heavy (non-hydrogen) atoms. The van der Waals surface area contributed by atoms with E-state index in [0.717, 1.165) is 41.8 Å². The molecule has 0 heterocycles. The Morgan fingerprint density at radius 3 is 2.58 bits per heavy atom. The van der Waals surface area contributed by atoms with Gasteiger partial charge in [0.15, 0.2) is 0 Å². The monoisotopic (exact) mass is 276 g/mol. The van der Waals surface area contributed by atoms with Gasteiger partial charge in [-0.3, -0.25) is 0 Å². The maximum atomic E-state index is 6.75. The molecule has 2 bridgehead atoms. The second-order valence-corrected chi connectivity index (χ2v) is 7.16. The number of fused-ring (bicyclic) bond motifs is 5. The van der Waals surface area contributed by atoms with Crippen molar-refractivity contribution in [3.05, 3.63) is 29.8 Å². The van der Waals surface area contributed by atoms with E-state index in [0.29, 0.717) is 5.38 Å². The quantitative estimate of drug-likeness (QED) is 0.751. The summed E-state index contributed by atoms with van der Waals surface area (Å²) in [5.74, 6) is 5.74. The second kappa shape index (κ2) is 4.41. The lowest BCUT2D eigenvalue weighted by atomic mass is 9.97. The van der Waals surface area contributed by atoms with Crippen molar-refractivity contribution in [2.24, 2.45) is 29.6 Å². The number of benzene rings is 1. The number of rotatable bonds is 4. The van der Waals surface area contributed by atoms with Gasteiger partial charge in [0.25, 0.3) is 0 Å². The number of methoxy groups -OCH3 is 1. The molecule has 1 aromatic carbocycles. The Kier molecular flexibility index (Phi) is 2.80. The molecule has 0 aromatic heterocycles. The molecule has 0 N–H and O–H groups in total. The molecular formula is C17H21ClO. The van der Waals surface area contributed by atoms with Crippen LogP contribution in [0.2, 0.25) is 0 Å². The van der Waals surface area contributed by atoms with Crippen LogP contribution in [0.4, 0.5) is 0 Å². The molecule has 0 aliphatic heterocycles. The largest absolute Gasteiger partial charge is 0.496 e. The highest BCUT2D eigenvalue weighted by atomic mass is 35.5. The van der Waals surface area contributed by atoms with Gasteiger partial charge in [0.2, 0.25) is 0 Å². The van der Waals surface area contributed by atoms with E-state index < -0.39 is 0 Å². The first kappa shape index (κ1) is 12.1. The zero-order chi connectivity index (χ0) is 13.0. The van der Waals surface area contributed by atoms with Gasteiger partial charge in [0.05, 0.1) is 7.11 Å². The van der Waals surface area contributed by atoms with E-state index in [-0.39, 0.29) is 0 Å². The number of ether oxygens (including phenoxy) is 1. The van der Waals surface area contributed by atoms with Crippen molar-refractivity contribution < 1.29 is 4.74 Å². The molecule has 0 saturated heterocycles. The predicted octanol–water partition coefficient (Wildman–Crippen LogP) is 4.14. The molecule has 3 saturated carbocycles. The fourth-order valence-electron chi connectivity index (χ4n) is 5.09. The summed E-state index contributed by atoms with van der Waals surface area (Å²) in [6.45, 7) is 0. The molecule has 0 spiro atoms. The molecule has 102 valence electrons. The van der Waals surface area contributed by atoms with Crippen LogP contribution in [-0.2, 0) is 6.42 Å². The van der Waals surface area contributed by atoms with Gasteiger partial charge in [-0.05, 0) is 66.9 Å². The van der Waals surface area contributed by atoms with Crippen LogP contribution in [0, 0.1) is 29.6 Å². The molecular weight excluding hydrogens is 256 g/mol. The average molecular weight is 277 g/mol. The zero-order valence-electron chi connectivity index (χ0n) is 11.4. The molecule has 0 radical (unpaired) electrons. The molecule has 4 rings (SSSR count). The summed E-state index contributed by atoms with van der Waals surface area (Å²) in [6, 6.07) is 8.30. The fraction of sp³-hybridized carbons (Fsp3) is 0.647. The highest BCUT2D eigenvalue weighted by Crippen LogP contribution is 2.71. The summed E-state index contributed by atoms with van der Waals surface area (Å²) >= 11 is 6.75. The lowest BCUT2D eigenvalue weighted by Gasteiger charge is -2.16. The maximum absolute atomic E-state index is 6.75. The third-order valence-electron chi connectivity index (χ3n) is 5.82. The normalized spacial score (nSPS) is 40.0. The summed E-state index contributed by atoms with van der Waals surface area (Å²) in [4.78, 5) is 0. The van der Waals surface area contributed by atoms with Gasteiger partial charge in [-0.2, -0.15) is 0 Å². The summed E-state index contributed by atoms with van der Waals surface area (Å²) in [6.07, 6.45) is 5.41. The molecule has 5 unspecified atom stereocenters. The molecule has 1 nitrogen and oxygen atoms in total. The summed E-state index contributed by atoms with van der Waals surface area (Å²) < 4.78 is 5.44. The minimum Gasteiger partial charge on any atom is -0.496 e. The molecule has 3 aliphatic carbocycles. The van der Waals surface area contributed by atoms with Gasteiger partial charge < -0.3 is 4.74 Å². The van der Waals surface area contributed by atoms with Crippen molar-refractivity contribution in [3.8, 4) is 5.75 Å². The Hall–Kier alpha value is -0.690. The second-order valence-electron chi connectivity index (χ2n) is 6.60. The van der Waals surface area contributed by atoms with Gasteiger partial charge in [-0.15, -0.1) is 11.6 Å². The first-order valence-electron chi connectivity index (χ1n) is 7.55. The fourth-order valence-corrected chi connectivity index (χ4v) is 5.60. The van der Waals surface area contributed by atoms with E-state index in [1.807, 2.05) is 12.1 Å². The van der Waals surface area contributed by atoms with Crippen LogP contribution in [-0.4, -0.2) is 12.5 Å². The Morgan fingerprint density at radius 1 is 1.21 bits per heavy atom. The van der Waals surface area contributed by atoms with Gasteiger partial charge in [0.1, 0.15) is 5.75 Å². The molecule has 3 fully saturated rings. The van der Waals surface area contributed by atoms with Crippen molar-refractivity contribution >= 4 is 11.6 Å². The van der Waals surface area contributed by atoms with E-state index >= 15 is 0 Å². The Morgan fingerprint density at radius 2 is 1.89 bits per heavy atom. The minimum atomic E-state index is 0.301. The van der Waals surface area contributed by atoms with Crippen molar-refractivity contribution in [2.45, 2.75) is 31.1 Å². The van der Waals surface area contributed by atoms with Crippen LogP contribution in [0.15, 0.2) is 24.3 Å². The van der Waals surface area contributed by atoms with Crippen LogP contribution in [0.5, 0.6) is 5.75 Å². The lowest BCUT2D eigenvalue weighted by molar-refractivity contribution is 0.405. The highest BCUT2D eigenvalue weighted by Gasteiger charge is 2.66. The molecule has 3 aliphatic rings. The molecule has 1 aromatic rings. The van der Waals surface area contributed by atoms with E-state index in [1.165, 1.54) is 24.8 Å². The van der Waals surface area contributed by atoms with Crippen LogP contribution < -0.4 is 4.74 Å². The van der Waals surface area contributed by atoms with Crippen molar-refractivity contribution in [1.29, 1.82) is 0 Å². The third-order valence-corrected chi connectivity index (χ3v) is 6.27. The SMILES string of the molecule is COc1ccccc1CC(Cl)C1C2C3CCC(C3)C12. The standard InChI is InChI=1S/C17H21ClO/c1-19-14-5-3-2-4-10(14)9-13(18)17-15-11-6-7-12(8-11)16(15)17/h2-5,11-13,15-17H,6-9H2,1H3. The minimum absolute atomic E-state index is 0.301. The topological polar surface area (TPSA) is 9.23 Å². The van der Waals surface area contributed by atoms with Crippen molar-refractivity contribution in [2.75, 3.05) is 7.11 Å². The summed E-state index contributed by atoms with van der Waals surface area (Å²) in [7, 11) is 1.74. The van der Waals surface area contributed by atoms with Gasteiger partial charge in [0, 0.05) is 5.38 Å². The highest BCUT2D eigenvalue weighted by molar-refractivity contribution is 6.21.